The van der Waals surface area contributed by atoms with Crippen molar-refractivity contribution in [1.82, 2.24) is 4.98 Å². The Morgan fingerprint density at radius 2 is 1.33 bits per heavy atom. The summed E-state index contributed by atoms with van der Waals surface area (Å²) in [6.07, 6.45) is 2.40. The first-order valence-corrected chi connectivity index (χ1v) is 6.37. The maximum Gasteiger partial charge on any atom is 0.166 e. The molecule has 21 heavy (non-hydrogen) atoms. The van der Waals surface area contributed by atoms with Crippen LogP contribution in [-0.2, 0) is 0 Å². The molecule has 1 heterocycles. The van der Waals surface area contributed by atoms with Crippen molar-refractivity contribution in [3.05, 3.63) is 72.1 Å². The van der Waals surface area contributed by atoms with Gasteiger partial charge in [-0.3, -0.25) is 4.79 Å². The Kier molecular flexibility index (Phi) is 3.36. The van der Waals surface area contributed by atoms with Crippen molar-refractivity contribution in [3.63, 3.8) is 0 Å². The van der Waals surface area contributed by atoms with Crippen molar-refractivity contribution >= 4 is 6.29 Å². The minimum atomic E-state index is -0.342. The summed E-state index contributed by atoms with van der Waals surface area (Å²) < 4.78 is 26.1. The summed E-state index contributed by atoms with van der Waals surface area (Å²) in [5.74, 6) is -0.668. The molecule has 1 N–H and O–H groups in total. The van der Waals surface area contributed by atoms with Crippen molar-refractivity contribution < 1.29 is 13.6 Å². The van der Waals surface area contributed by atoms with Gasteiger partial charge in [0.15, 0.2) is 6.29 Å². The van der Waals surface area contributed by atoms with E-state index in [0.29, 0.717) is 17.5 Å². The van der Waals surface area contributed by atoms with E-state index < -0.39 is 0 Å². The van der Waals surface area contributed by atoms with Gasteiger partial charge in [0, 0.05) is 17.3 Å². The number of aromatic amines is 1. The van der Waals surface area contributed by atoms with E-state index in [4.69, 9.17) is 0 Å². The first kappa shape index (κ1) is 13.2. The fourth-order valence-electron chi connectivity index (χ4n) is 2.32. The summed E-state index contributed by atoms with van der Waals surface area (Å²) in [7, 11) is 0. The smallest absolute Gasteiger partial charge is 0.166 e. The molecule has 0 radical (unpaired) electrons. The molecule has 2 aromatic carbocycles. The molecule has 4 heteroatoms. The molecule has 0 atom stereocenters. The number of hydrogen-bond acceptors (Lipinski definition) is 1. The quantitative estimate of drug-likeness (QED) is 0.708. The van der Waals surface area contributed by atoms with Crippen LogP contribution in [0.1, 0.15) is 10.5 Å². The highest BCUT2D eigenvalue weighted by molar-refractivity contribution is 5.94. The molecular formula is C17H11F2NO. The van der Waals surface area contributed by atoms with E-state index in [2.05, 4.69) is 4.98 Å². The molecule has 0 amide bonds. The van der Waals surface area contributed by atoms with Crippen LogP contribution in [0.15, 0.2) is 54.7 Å². The standard InChI is InChI=1S/C17H11F2NO/c18-13-5-1-11(2-6-13)15-9-20-16(10-21)17(15)12-3-7-14(19)8-4-12/h1-10,20H. The summed E-state index contributed by atoms with van der Waals surface area (Å²) in [6, 6.07) is 11.9. The predicted octanol–water partition coefficient (Wildman–Crippen LogP) is 4.44. The topological polar surface area (TPSA) is 32.9 Å². The highest BCUT2D eigenvalue weighted by Gasteiger charge is 2.14. The van der Waals surface area contributed by atoms with Crippen molar-refractivity contribution in [2.24, 2.45) is 0 Å². The average molecular weight is 283 g/mol. The largest absolute Gasteiger partial charge is 0.358 e. The minimum absolute atomic E-state index is 0.326. The summed E-state index contributed by atoms with van der Waals surface area (Å²) in [6.45, 7) is 0. The number of nitrogens with one attached hydrogen (secondary N) is 1. The van der Waals surface area contributed by atoms with E-state index in [1.165, 1.54) is 24.3 Å². The molecule has 0 spiro atoms. The Morgan fingerprint density at radius 1 is 0.810 bits per heavy atom. The molecule has 2 nitrogen and oxygen atoms in total. The van der Waals surface area contributed by atoms with Crippen molar-refractivity contribution in [2.45, 2.75) is 0 Å². The number of H-pyrrole nitrogens is 1. The highest BCUT2D eigenvalue weighted by Crippen LogP contribution is 2.34. The molecule has 0 aliphatic rings. The van der Waals surface area contributed by atoms with Crippen LogP contribution in [0.25, 0.3) is 22.3 Å². The molecular weight excluding hydrogens is 272 g/mol. The second-order valence-corrected chi connectivity index (χ2v) is 4.62. The van der Waals surface area contributed by atoms with E-state index in [1.807, 2.05) is 0 Å². The Hall–Kier alpha value is -2.75. The van der Waals surface area contributed by atoms with Gasteiger partial charge >= 0.3 is 0 Å². The molecule has 0 unspecified atom stereocenters. The molecule has 3 rings (SSSR count). The van der Waals surface area contributed by atoms with Crippen LogP contribution in [0.4, 0.5) is 8.78 Å². The fraction of sp³-hybridized carbons (Fsp3) is 0. The lowest BCUT2D eigenvalue weighted by Gasteiger charge is -2.06. The Balaban J connectivity index is 2.18. The number of rotatable bonds is 3. The van der Waals surface area contributed by atoms with Gasteiger partial charge < -0.3 is 4.98 Å². The number of halogens is 2. The van der Waals surface area contributed by atoms with Gasteiger partial charge in [0.05, 0.1) is 5.69 Å². The minimum Gasteiger partial charge on any atom is -0.358 e. The van der Waals surface area contributed by atoms with Gasteiger partial charge in [-0.25, -0.2) is 8.78 Å². The monoisotopic (exact) mass is 283 g/mol. The number of carbonyl (C=O) groups excluding carboxylic acids is 1. The Morgan fingerprint density at radius 3 is 1.86 bits per heavy atom. The zero-order valence-corrected chi connectivity index (χ0v) is 10.9. The SMILES string of the molecule is O=Cc1[nH]cc(-c2ccc(F)cc2)c1-c1ccc(F)cc1. The van der Waals surface area contributed by atoms with E-state index in [9.17, 15) is 13.6 Å². The van der Waals surface area contributed by atoms with Crippen molar-refractivity contribution in [3.8, 4) is 22.3 Å². The number of hydrogen-bond donors (Lipinski definition) is 1. The normalized spacial score (nSPS) is 10.6. The van der Waals surface area contributed by atoms with Crippen LogP contribution in [0, 0.1) is 11.6 Å². The van der Waals surface area contributed by atoms with Crippen LogP contribution in [0.5, 0.6) is 0 Å². The van der Waals surface area contributed by atoms with Gasteiger partial charge in [0.1, 0.15) is 11.6 Å². The third kappa shape index (κ3) is 2.48. The Labute approximate surface area is 120 Å². The van der Waals surface area contributed by atoms with Crippen molar-refractivity contribution in [1.29, 1.82) is 0 Å². The number of carbonyl (C=O) groups is 1. The van der Waals surface area contributed by atoms with Crippen LogP contribution in [0.3, 0.4) is 0 Å². The molecule has 1 aromatic heterocycles. The van der Waals surface area contributed by atoms with Crippen LogP contribution in [-0.4, -0.2) is 11.3 Å². The summed E-state index contributed by atoms with van der Waals surface area (Å²) in [4.78, 5) is 14.1. The lowest BCUT2D eigenvalue weighted by Crippen LogP contribution is -1.87. The van der Waals surface area contributed by atoms with Crippen LogP contribution in [0.2, 0.25) is 0 Å². The van der Waals surface area contributed by atoms with Gasteiger partial charge in [-0.05, 0) is 35.4 Å². The average Bonchev–Trinajstić information content (AvgIpc) is 2.93. The highest BCUT2D eigenvalue weighted by atomic mass is 19.1. The second-order valence-electron chi connectivity index (χ2n) is 4.62. The number of aromatic nitrogens is 1. The second kappa shape index (κ2) is 5.32. The van der Waals surface area contributed by atoms with E-state index in [-0.39, 0.29) is 11.6 Å². The molecule has 0 saturated carbocycles. The zero-order chi connectivity index (χ0) is 14.8. The predicted molar refractivity (Wildman–Crippen MR) is 77.0 cm³/mol. The van der Waals surface area contributed by atoms with Gasteiger partial charge in [0.25, 0.3) is 0 Å². The van der Waals surface area contributed by atoms with Gasteiger partial charge in [-0.2, -0.15) is 0 Å². The molecule has 0 aliphatic carbocycles. The first-order valence-electron chi connectivity index (χ1n) is 6.37. The lowest BCUT2D eigenvalue weighted by atomic mass is 9.97. The third-order valence-electron chi connectivity index (χ3n) is 3.32. The molecule has 0 aliphatic heterocycles. The molecule has 0 saturated heterocycles. The molecule has 3 aromatic rings. The number of benzene rings is 2. The van der Waals surface area contributed by atoms with Gasteiger partial charge in [0.2, 0.25) is 0 Å². The lowest BCUT2D eigenvalue weighted by molar-refractivity contribution is 0.112. The maximum absolute atomic E-state index is 13.1. The fourth-order valence-corrected chi connectivity index (χ4v) is 2.32. The molecule has 104 valence electrons. The van der Waals surface area contributed by atoms with Crippen LogP contribution >= 0.6 is 0 Å². The third-order valence-corrected chi connectivity index (χ3v) is 3.32. The van der Waals surface area contributed by atoms with E-state index in [0.717, 1.165) is 16.7 Å². The summed E-state index contributed by atoms with van der Waals surface area (Å²) >= 11 is 0. The van der Waals surface area contributed by atoms with E-state index in [1.54, 1.807) is 30.5 Å². The summed E-state index contributed by atoms with van der Waals surface area (Å²) in [5, 5.41) is 0. The summed E-state index contributed by atoms with van der Waals surface area (Å²) in [5.41, 5.74) is 3.35. The van der Waals surface area contributed by atoms with Crippen molar-refractivity contribution in [2.75, 3.05) is 0 Å². The zero-order valence-electron chi connectivity index (χ0n) is 10.9. The van der Waals surface area contributed by atoms with Crippen LogP contribution < -0.4 is 0 Å². The first-order chi connectivity index (χ1) is 10.2. The van der Waals surface area contributed by atoms with Gasteiger partial charge in [-0.1, -0.05) is 24.3 Å². The molecule has 0 bridgehead atoms. The maximum atomic E-state index is 13.1. The number of aldehydes is 1. The van der Waals surface area contributed by atoms with E-state index >= 15 is 0 Å². The van der Waals surface area contributed by atoms with Gasteiger partial charge in [-0.15, -0.1) is 0 Å². The molecule has 0 fully saturated rings. The Bertz CT molecular complexity index is 774.